The van der Waals surface area contributed by atoms with Gasteiger partial charge in [0.15, 0.2) is 0 Å². The van der Waals surface area contributed by atoms with Gasteiger partial charge in [0.25, 0.3) is 0 Å². The first-order valence-electron chi connectivity index (χ1n) is 6.16. The second-order valence-electron chi connectivity index (χ2n) is 4.32. The lowest BCUT2D eigenvalue weighted by molar-refractivity contribution is -0.121. The summed E-state index contributed by atoms with van der Waals surface area (Å²) in [6.45, 7) is 2.17. The first-order valence-corrected chi connectivity index (χ1v) is 6.54. The van der Waals surface area contributed by atoms with Crippen LogP contribution in [0.1, 0.15) is 17.3 Å². The number of amides is 2. The van der Waals surface area contributed by atoms with E-state index in [0.717, 1.165) is 0 Å². The Morgan fingerprint density at radius 3 is 2.52 bits per heavy atom. The molecule has 0 aromatic heterocycles. The summed E-state index contributed by atoms with van der Waals surface area (Å²) in [5.74, 6) is -2.07. The van der Waals surface area contributed by atoms with Crippen molar-refractivity contribution in [2.75, 3.05) is 25.0 Å². The normalized spacial score (nSPS) is 10.4. The fourth-order valence-electron chi connectivity index (χ4n) is 1.65. The van der Waals surface area contributed by atoms with Gasteiger partial charge in [0.2, 0.25) is 11.8 Å². The number of nitrogens with one attached hydrogen (secondary N) is 1. The van der Waals surface area contributed by atoms with Crippen LogP contribution in [-0.2, 0) is 9.59 Å². The minimum atomic E-state index is -1.12. The van der Waals surface area contributed by atoms with Gasteiger partial charge < -0.3 is 16.2 Å². The van der Waals surface area contributed by atoms with E-state index in [1.54, 1.807) is 11.8 Å². The highest BCUT2D eigenvalue weighted by atomic mass is 35.5. The van der Waals surface area contributed by atoms with Crippen molar-refractivity contribution in [2.24, 2.45) is 5.73 Å². The van der Waals surface area contributed by atoms with Crippen molar-refractivity contribution in [1.82, 2.24) is 4.90 Å². The van der Waals surface area contributed by atoms with Crippen molar-refractivity contribution < 1.29 is 19.5 Å². The molecular weight excluding hydrogens is 298 g/mol. The number of carbonyl (C=O) groups excluding carboxylic acids is 2. The van der Waals surface area contributed by atoms with E-state index in [4.69, 9.17) is 22.4 Å². The zero-order valence-electron chi connectivity index (χ0n) is 11.4. The summed E-state index contributed by atoms with van der Waals surface area (Å²) in [7, 11) is 0. The van der Waals surface area contributed by atoms with E-state index < -0.39 is 17.8 Å². The van der Waals surface area contributed by atoms with Gasteiger partial charge in [-0.1, -0.05) is 18.5 Å². The highest BCUT2D eigenvalue weighted by molar-refractivity contribution is 6.33. The van der Waals surface area contributed by atoms with Gasteiger partial charge in [-0.2, -0.15) is 0 Å². The summed E-state index contributed by atoms with van der Waals surface area (Å²) in [5.41, 5.74) is 5.29. The molecule has 0 atom stereocenters. The molecule has 0 aliphatic rings. The second kappa shape index (κ2) is 7.61. The topological polar surface area (TPSA) is 113 Å². The van der Waals surface area contributed by atoms with Crippen LogP contribution in [0.2, 0.25) is 5.02 Å². The Morgan fingerprint density at radius 2 is 2.00 bits per heavy atom. The van der Waals surface area contributed by atoms with Crippen molar-refractivity contribution in [3.05, 3.63) is 28.8 Å². The van der Waals surface area contributed by atoms with E-state index >= 15 is 0 Å². The van der Waals surface area contributed by atoms with Crippen LogP contribution >= 0.6 is 11.6 Å². The molecular formula is C13H16ClN3O4. The van der Waals surface area contributed by atoms with E-state index in [-0.39, 0.29) is 29.4 Å². The number of hydrogen-bond acceptors (Lipinski definition) is 4. The van der Waals surface area contributed by atoms with Crippen molar-refractivity contribution in [1.29, 1.82) is 0 Å². The third-order valence-electron chi connectivity index (χ3n) is 2.68. The van der Waals surface area contributed by atoms with Gasteiger partial charge >= 0.3 is 5.97 Å². The molecule has 0 heterocycles. The molecule has 0 bridgehead atoms. The molecule has 8 heteroatoms. The molecule has 1 aromatic rings. The second-order valence-corrected chi connectivity index (χ2v) is 4.72. The molecule has 0 saturated carbocycles. The molecule has 114 valence electrons. The van der Waals surface area contributed by atoms with Gasteiger partial charge in [-0.15, -0.1) is 0 Å². The molecule has 0 spiro atoms. The Labute approximate surface area is 126 Å². The standard InChI is InChI=1S/C13H16ClN3O4/c1-2-17(6-11(15)18)7-12(19)16-10-5-8(13(20)21)3-4-9(10)14/h3-5H,2,6-7H2,1H3,(H2,15,18)(H,16,19)(H,20,21). The Balaban J connectivity index is 2.76. The molecule has 1 aromatic carbocycles. The number of anilines is 1. The van der Waals surface area contributed by atoms with E-state index in [1.807, 2.05) is 0 Å². The zero-order valence-corrected chi connectivity index (χ0v) is 12.2. The number of likely N-dealkylation sites (N-methyl/N-ethyl adjacent to an activating group) is 1. The average Bonchev–Trinajstić information content (AvgIpc) is 2.39. The van der Waals surface area contributed by atoms with Crippen LogP contribution in [0.5, 0.6) is 0 Å². The molecule has 0 aliphatic heterocycles. The van der Waals surface area contributed by atoms with E-state index in [2.05, 4.69) is 5.32 Å². The number of aromatic carboxylic acids is 1. The van der Waals surface area contributed by atoms with Gasteiger partial charge in [0.05, 0.1) is 29.4 Å². The lowest BCUT2D eigenvalue weighted by atomic mass is 10.2. The summed E-state index contributed by atoms with van der Waals surface area (Å²) >= 11 is 5.90. The third-order valence-corrected chi connectivity index (χ3v) is 3.01. The minimum absolute atomic E-state index is 0.0131. The van der Waals surface area contributed by atoms with Gasteiger partial charge in [0, 0.05) is 0 Å². The highest BCUT2D eigenvalue weighted by Gasteiger charge is 2.14. The van der Waals surface area contributed by atoms with Crippen LogP contribution in [0, 0.1) is 0 Å². The van der Waals surface area contributed by atoms with Crippen LogP contribution in [0.15, 0.2) is 18.2 Å². The molecule has 4 N–H and O–H groups in total. The maximum atomic E-state index is 11.9. The quantitative estimate of drug-likeness (QED) is 0.688. The van der Waals surface area contributed by atoms with Crippen molar-refractivity contribution in [3.8, 4) is 0 Å². The van der Waals surface area contributed by atoms with Crippen LogP contribution in [0.25, 0.3) is 0 Å². The van der Waals surface area contributed by atoms with Gasteiger partial charge in [-0.25, -0.2) is 4.79 Å². The monoisotopic (exact) mass is 313 g/mol. The van der Waals surface area contributed by atoms with Crippen molar-refractivity contribution in [3.63, 3.8) is 0 Å². The number of rotatable bonds is 7. The lowest BCUT2D eigenvalue weighted by Crippen LogP contribution is -2.39. The van der Waals surface area contributed by atoms with Crippen LogP contribution in [-0.4, -0.2) is 47.4 Å². The SMILES string of the molecule is CCN(CC(N)=O)CC(=O)Nc1cc(C(=O)O)ccc1Cl. The van der Waals surface area contributed by atoms with Crippen molar-refractivity contribution >= 4 is 35.1 Å². The van der Waals surface area contributed by atoms with Gasteiger partial charge in [0.1, 0.15) is 0 Å². The number of halogens is 1. The summed E-state index contributed by atoms with van der Waals surface area (Å²) in [6, 6.07) is 4.00. The maximum Gasteiger partial charge on any atom is 0.335 e. The first kappa shape index (κ1) is 16.9. The van der Waals surface area contributed by atoms with E-state index in [9.17, 15) is 14.4 Å². The predicted molar refractivity (Wildman–Crippen MR) is 78.3 cm³/mol. The summed E-state index contributed by atoms with van der Waals surface area (Å²) in [6.07, 6.45) is 0. The molecule has 7 nitrogen and oxygen atoms in total. The highest BCUT2D eigenvalue weighted by Crippen LogP contribution is 2.23. The summed E-state index contributed by atoms with van der Waals surface area (Å²) in [5, 5.41) is 11.6. The number of nitrogens with zero attached hydrogens (tertiary/aromatic N) is 1. The number of hydrogen-bond donors (Lipinski definition) is 3. The van der Waals surface area contributed by atoms with Crippen LogP contribution < -0.4 is 11.1 Å². The summed E-state index contributed by atoms with van der Waals surface area (Å²) in [4.78, 5) is 35.2. The van der Waals surface area contributed by atoms with Crippen molar-refractivity contribution in [2.45, 2.75) is 6.92 Å². The Kier molecular flexibility index (Phi) is 6.13. The smallest absolute Gasteiger partial charge is 0.335 e. The number of carboxylic acids is 1. The molecule has 2 amide bonds. The average molecular weight is 314 g/mol. The largest absolute Gasteiger partial charge is 0.478 e. The molecule has 0 radical (unpaired) electrons. The van der Waals surface area contributed by atoms with E-state index in [0.29, 0.717) is 6.54 Å². The number of primary amides is 1. The molecule has 0 aliphatic carbocycles. The molecule has 1 rings (SSSR count). The van der Waals surface area contributed by atoms with Crippen LogP contribution in [0.4, 0.5) is 5.69 Å². The maximum absolute atomic E-state index is 11.9. The Morgan fingerprint density at radius 1 is 1.33 bits per heavy atom. The minimum Gasteiger partial charge on any atom is -0.478 e. The predicted octanol–water partition coefficient (Wildman–Crippen LogP) is 0.784. The van der Waals surface area contributed by atoms with Gasteiger partial charge in [-0.05, 0) is 24.7 Å². The number of benzene rings is 1. The molecule has 0 unspecified atom stereocenters. The van der Waals surface area contributed by atoms with E-state index in [1.165, 1.54) is 18.2 Å². The zero-order chi connectivity index (χ0) is 16.0. The number of carbonyl (C=O) groups is 3. The van der Waals surface area contributed by atoms with Crippen LogP contribution in [0.3, 0.4) is 0 Å². The van der Waals surface area contributed by atoms with Gasteiger partial charge in [-0.3, -0.25) is 14.5 Å². The fourth-order valence-corrected chi connectivity index (χ4v) is 1.81. The molecule has 0 saturated heterocycles. The Hall–Kier alpha value is -2.12. The summed E-state index contributed by atoms with van der Waals surface area (Å²) < 4.78 is 0. The number of carboxylic acid groups (broad SMARTS) is 1. The fraction of sp³-hybridized carbons (Fsp3) is 0.308. The Bertz CT molecular complexity index is 562. The number of nitrogens with two attached hydrogens (primary N) is 1. The molecule has 21 heavy (non-hydrogen) atoms. The lowest BCUT2D eigenvalue weighted by Gasteiger charge is -2.18. The third kappa shape index (κ3) is 5.41. The molecule has 0 fully saturated rings. The first-order chi connectivity index (χ1) is 9.83.